The van der Waals surface area contributed by atoms with Crippen LogP contribution < -0.4 is 10.1 Å². The van der Waals surface area contributed by atoms with Gasteiger partial charge in [0, 0.05) is 12.7 Å². The molecule has 3 rings (SSSR count). The van der Waals surface area contributed by atoms with Gasteiger partial charge in [-0.1, -0.05) is 12.1 Å². The minimum absolute atomic E-state index is 0.00151. The Balaban J connectivity index is 1.65. The van der Waals surface area contributed by atoms with Gasteiger partial charge in [0.1, 0.15) is 15.6 Å². The number of rotatable bonds is 6. The van der Waals surface area contributed by atoms with Gasteiger partial charge in [-0.3, -0.25) is 4.79 Å². The number of fused-ring (bicyclic) bond motifs is 1. The molecule has 1 aromatic rings. The number of amides is 1. The Morgan fingerprint density at radius 2 is 2.13 bits per heavy atom. The van der Waals surface area contributed by atoms with E-state index >= 15 is 0 Å². The van der Waals surface area contributed by atoms with E-state index in [-0.39, 0.29) is 23.1 Å². The number of hydrogen-bond acceptors (Lipinski definition) is 4. The molecule has 1 unspecified atom stereocenters. The van der Waals surface area contributed by atoms with Crippen LogP contribution >= 0.6 is 0 Å². The van der Waals surface area contributed by atoms with Crippen molar-refractivity contribution in [2.24, 2.45) is 5.41 Å². The summed E-state index contributed by atoms with van der Waals surface area (Å²) in [4.78, 5) is 12.4. The highest BCUT2D eigenvalue weighted by Gasteiger charge is 2.47. The number of carbonyl (C=O) groups is 1. The fourth-order valence-electron chi connectivity index (χ4n) is 3.65. The summed E-state index contributed by atoms with van der Waals surface area (Å²) < 4.78 is 28.4. The van der Waals surface area contributed by atoms with Crippen LogP contribution in [0.15, 0.2) is 18.2 Å². The van der Waals surface area contributed by atoms with E-state index in [1.54, 1.807) is 7.11 Å². The van der Waals surface area contributed by atoms with Gasteiger partial charge in [-0.2, -0.15) is 0 Å². The van der Waals surface area contributed by atoms with Crippen LogP contribution in [0, 0.1) is 5.41 Å². The third-order valence-electron chi connectivity index (χ3n) is 4.84. The molecule has 0 heterocycles. The molecule has 0 spiro atoms. The number of sulfone groups is 1. The molecule has 1 atom stereocenters. The summed E-state index contributed by atoms with van der Waals surface area (Å²) in [5, 5.41) is 3.08. The van der Waals surface area contributed by atoms with Crippen LogP contribution in [0.2, 0.25) is 0 Å². The van der Waals surface area contributed by atoms with Crippen LogP contribution in [0.5, 0.6) is 5.75 Å². The van der Waals surface area contributed by atoms with Crippen molar-refractivity contribution in [1.29, 1.82) is 0 Å². The summed E-state index contributed by atoms with van der Waals surface area (Å²) >= 11 is 0. The van der Waals surface area contributed by atoms with E-state index in [0.29, 0.717) is 6.42 Å². The fourth-order valence-corrected chi connectivity index (χ4v) is 5.16. The first kappa shape index (κ1) is 16.3. The van der Waals surface area contributed by atoms with Gasteiger partial charge in [0.05, 0.1) is 18.9 Å². The molecule has 0 aromatic heterocycles. The maximum Gasteiger partial charge on any atom is 0.221 e. The van der Waals surface area contributed by atoms with Gasteiger partial charge < -0.3 is 10.1 Å². The molecular weight excluding hydrogens is 314 g/mol. The largest absolute Gasteiger partial charge is 0.496 e. The lowest BCUT2D eigenvalue weighted by Gasteiger charge is -2.18. The van der Waals surface area contributed by atoms with E-state index in [1.807, 2.05) is 18.2 Å². The third-order valence-corrected chi connectivity index (χ3v) is 5.98. The van der Waals surface area contributed by atoms with Gasteiger partial charge >= 0.3 is 0 Å². The second kappa shape index (κ2) is 5.82. The quantitative estimate of drug-likeness (QED) is 0.862. The van der Waals surface area contributed by atoms with Gasteiger partial charge in [0.25, 0.3) is 0 Å². The first-order chi connectivity index (χ1) is 10.8. The maximum atomic E-state index is 12.4. The lowest BCUT2D eigenvalue weighted by molar-refractivity contribution is -0.122. The third kappa shape index (κ3) is 3.68. The molecular formula is C17H23NO4S. The van der Waals surface area contributed by atoms with Crippen molar-refractivity contribution < 1.29 is 17.9 Å². The number of carbonyl (C=O) groups excluding carboxylic acids is 1. The Hall–Kier alpha value is -1.56. The van der Waals surface area contributed by atoms with E-state index in [4.69, 9.17) is 4.74 Å². The van der Waals surface area contributed by atoms with Crippen molar-refractivity contribution in [3.05, 3.63) is 29.3 Å². The zero-order valence-electron chi connectivity index (χ0n) is 13.6. The predicted molar refractivity (Wildman–Crippen MR) is 88.2 cm³/mol. The summed E-state index contributed by atoms with van der Waals surface area (Å²) in [7, 11) is -1.39. The predicted octanol–water partition coefficient (Wildman–Crippen LogP) is 2.01. The molecule has 6 heteroatoms. The molecule has 0 saturated heterocycles. The van der Waals surface area contributed by atoms with Crippen molar-refractivity contribution in [1.82, 2.24) is 5.32 Å². The highest BCUT2D eigenvalue weighted by atomic mass is 32.2. The van der Waals surface area contributed by atoms with E-state index < -0.39 is 9.84 Å². The Bertz CT molecular complexity index is 722. The highest BCUT2D eigenvalue weighted by molar-refractivity contribution is 7.90. The summed E-state index contributed by atoms with van der Waals surface area (Å²) in [6.07, 6.45) is 4.94. The minimum Gasteiger partial charge on any atom is -0.496 e. The Morgan fingerprint density at radius 3 is 2.74 bits per heavy atom. The number of nitrogens with one attached hydrogen (secondary N) is 1. The second-order valence-corrected chi connectivity index (χ2v) is 9.07. The van der Waals surface area contributed by atoms with E-state index in [0.717, 1.165) is 42.6 Å². The molecule has 1 amide bonds. The topological polar surface area (TPSA) is 72.5 Å². The Labute approximate surface area is 137 Å². The monoisotopic (exact) mass is 337 g/mol. The number of hydrogen-bond donors (Lipinski definition) is 1. The fraction of sp³-hybridized carbons (Fsp3) is 0.588. The Morgan fingerprint density at radius 1 is 1.39 bits per heavy atom. The van der Waals surface area contributed by atoms with Crippen LogP contribution in [-0.4, -0.2) is 33.4 Å². The van der Waals surface area contributed by atoms with Crippen LogP contribution in [0.1, 0.15) is 42.9 Å². The molecule has 126 valence electrons. The highest BCUT2D eigenvalue weighted by Crippen LogP contribution is 2.50. The number of ether oxygens (including phenoxy) is 1. The van der Waals surface area contributed by atoms with Gasteiger partial charge in [-0.05, 0) is 48.3 Å². The lowest BCUT2D eigenvalue weighted by atomic mass is 10.0. The zero-order chi connectivity index (χ0) is 16.7. The SMILES string of the molecule is COc1cccc2c1CCC2NC(=O)CC1(CS(C)(=O)=O)CC1. The van der Waals surface area contributed by atoms with Crippen molar-refractivity contribution in [3.8, 4) is 5.75 Å². The van der Waals surface area contributed by atoms with Gasteiger partial charge in [-0.15, -0.1) is 0 Å². The first-order valence-electron chi connectivity index (χ1n) is 7.95. The summed E-state index contributed by atoms with van der Waals surface area (Å²) in [6.45, 7) is 0. The molecule has 1 saturated carbocycles. The average Bonchev–Trinajstić information content (AvgIpc) is 3.06. The second-order valence-electron chi connectivity index (χ2n) is 6.93. The summed E-state index contributed by atoms with van der Waals surface area (Å²) in [6, 6.07) is 5.91. The van der Waals surface area contributed by atoms with E-state index in [2.05, 4.69) is 5.32 Å². The molecule has 0 aliphatic heterocycles. The van der Waals surface area contributed by atoms with Crippen molar-refractivity contribution in [2.45, 2.75) is 38.1 Å². The van der Waals surface area contributed by atoms with Crippen molar-refractivity contribution >= 4 is 15.7 Å². The van der Waals surface area contributed by atoms with Gasteiger partial charge in [0.15, 0.2) is 0 Å². The molecule has 1 N–H and O–H groups in total. The van der Waals surface area contributed by atoms with Crippen LogP contribution in [0.25, 0.3) is 0 Å². The molecule has 0 bridgehead atoms. The number of benzene rings is 1. The molecule has 0 radical (unpaired) electrons. The zero-order valence-corrected chi connectivity index (χ0v) is 14.4. The Kier molecular flexibility index (Phi) is 4.12. The lowest BCUT2D eigenvalue weighted by Crippen LogP contribution is -2.31. The normalized spacial score (nSPS) is 21.6. The van der Waals surface area contributed by atoms with E-state index in [1.165, 1.54) is 6.26 Å². The molecule has 1 aromatic carbocycles. The molecule has 2 aliphatic carbocycles. The summed E-state index contributed by atoms with van der Waals surface area (Å²) in [5.74, 6) is 0.935. The first-order valence-corrected chi connectivity index (χ1v) is 10.0. The molecule has 5 nitrogen and oxygen atoms in total. The standard InChI is InChI=1S/C17H23NO4S/c1-22-15-5-3-4-12-13(15)6-7-14(12)18-16(19)10-17(8-9-17)11-23(2,20)21/h3-5,14H,6-11H2,1-2H3,(H,18,19). The van der Waals surface area contributed by atoms with Gasteiger partial charge in [-0.25, -0.2) is 8.42 Å². The molecule has 23 heavy (non-hydrogen) atoms. The van der Waals surface area contributed by atoms with Crippen LogP contribution in [-0.2, 0) is 21.1 Å². The smallest absolute Gasteiger partial charge is 0.221 e. The average molecular weight is 337 g/mol. The van der Waals surface area contributed by atoms with Gasteiger partial charge in [0.2, 0.25) is 5.91 Å². The molecule has 2 aliphatic rings. The number of methoxy groups -OCH3 is 1. The van der Waals surface area contributed by atoms with Crippen LogP contribution in [0.3, 0.4) is 0 Å². The van der Waals surface area contributed by atoms with E-state index in [9.17, 15) is 13.2 Å². The molecule has 1 fully saturated rings. The minimum atomic E-state index is -3.05. The van der Waals surface area contributed by atoms with Crippen molar-refractivity contribution in [2.75, 3.05) is 19.1 Å². The maximum absolute atomic E-state index is 12.4. The van der Waals surface area contributed by atoms with Crippen LogP contribution in [0.4, 0.5) is 0 Å². The van der Waals surface area contributed by atoms with Crippen molar-refractivity contribution in [3.63, 3.8) is 0 Å². The summed E-state index contributed by atoms with van der Waals surface area (Å²) in [5.41, 5.74) is 1.95.